The monoisotopic (exact) mass is 349 g/mol. The first-order valence-corrected chi connectivity index (χ1v) is 10.8. The number of fused-ring (bicyclic) bond motifs is 1. The van der Waals surface area contributed by atoms with Crippen LogP contribution in [0.1, 0.15) is 61.8 Å². The molecule has 3 rings (SSSR count). The maximum atomic E-state index is 12.8. The molecular weight excluding hydrogens is 322 g/mol. The Morgan fingerprint density at radius 2 is 1.88 bits per heavy atom. The predicted molar refractivity (Wildman–Crippen MR) is 95.5 cm³/mol. The Labute approximate surface area is 145 Å². The lowest BCUT2D eigenvalue weighted by molar-refractivity contribution is -0.119. The van der Waals surface area contributed by atoms with E-state index in [2.05, 4.69) is 12.2 Å². The Hall–Kier alpha value is -1.36. The van der Waals surface area contributed by atoms with Crippen LogP contribution in [0.3, 0.4) is 0 Å². The van der Waals surface area contributed by atoms with E-state index in [0.29, 0.717) is 12.3 Å². The molecule has 5 heteroatoms. The van der Waals surface area contributed by atoms with Gasteiger partial charge in [0.15, 0.2) is 9.84 Å². The summed E-state index contributed by atoms with van der Waals surface area (Å²) in [5, 5.41) is 2.44. The second-order valence-electron chi connectivity index (χ2n) is 7.32. The fraction of sp³-hybridized carbons (Fsp3) is 0.632. The lowest BCUT2D eigenvalue weighted by Gasteiger charge is -2.30. The highest BCUT2D eigenvalue weighted by Crippen LogP contribution is 2.35. The Bertz CT molecular complexity index is 698. The van der Waals surface area contributed by atoms with Crippen molar-refractivity contribution < 1.29 is 13.2 Å². The van der Waals surface area contributed by atoms with Gasteiger partial charge in [0, 0.05) is 6.04 Å². The standard InChI is InChI=1S/C19H27NO3S/c1-14-7-2-5-11-17(14)20-19(21)13-24(22,23)18-12-6-9-15-8-3-4-10-16(15)18/h3-4,8,10,14,17-18H,2,5-7,9,11-13H2,1H3,(H,20,21). The number of nitrogens with one attached hydrogen (secondary N) is 1. The topological polar surface area (TPSA) is 63.2 Å². The van der Waals surface area contributed by atoms with Crippen molar-refractivity contribution in [3.8, 4) is 0 Å². The van der Waals surface area contributed by atoms with Crippen molar-refractivity contribution in [3.63, 3.8) is 0 Å². The molecule has 132 valence electrons. The first-order valence-electron chi connectivity index (χ1n) is 9.06. The Morgan fingerprint density at radius 3 is 2.67 bits per heavy atom. The molecule has 3 atom stereocenters. The average molecular weight is 349 g/mol. The van der Waals surface area contributed by atoms with Crippen molar-refractivity contribution in [2.24, 2.45) is 5.92 Å². The highest BCUT2D eigenvalue weighted by molar-refractivity contribution is 7.92. The second-order valence-corrected chi connectivity index (χ2v) is 9.51. The van der Waals surface area contributed by atoms with Gasteiger partial charge in [0.25, 0.3) is 0 Å². The maximum Gasteiger partial charge on any atom is 0.235 e. The van der Waals surface area contributed by atoms with Crippen LogP contribution in [0.25, 0.3) is 0 Å². The van der Waals surface area contributed by atoms with Crippen molar-refractivity contribution in [1.29, 1.82) is 0 Å². The molecule has 1 aromatic carbocycles. The van der Waals surface area contributed by atoms with E-state index in [1.54, 1.807) is 0 Å². The van der Waals surface area contributed by atoms with Gasteiger partial charge in [0.2, 0.25) is 5.91 Å². The average Bonchev–Trinajstić information content (AvgIpc) is 2.56. The first-order chi connectivity index (χ1) is 11.5. The molecule has 0 spiro atoms. The smallest absolute Gasteiger partial charge is 0.235 e. The van der Waals surface area contributed by atoms with Crippen molar-refractivity contribution in [1.82, 2.24) is 5.32 Å². The van der Waals surface area contributed by atoms with Gasteiger partial charge in [-0.05, 0) is 49.1 Å². The van der Waals surface area contributed by atoms with E-state index in [0.717, 1.165) is 43.2 Å². The minimum atomic E-state index is -3.48. The number of amides is 1. The summed E-state index contributed by atoms with van der Waals surface area (Å²) in [5.74, 6) is -0.299. The predicted octanol–water partition coefficient (Wildman–Crippen LogP) is 3.17. The summed E-state index contributed by atoms with van der Waals surface area (Å²) in [7, 11) is -3.48. The molecule has 0 radical (unpaired) electrons. The lowest BCUT2D eigenvalue weighted by atomic mass is 9.86. The fourth-order valence-electron chi connectivity index (χ4n) is 4.14. The molecule has 0 aromatic heterocycles. The number of rotatable bonds is 4. The molecule has 1 amide bonds. The molecule has 0 saturated heterocycles. The van der Waals surface area contributed by atoms with E-state index in [-0.39, 0.29) is 11.9 Å². The third-order valence-corrected chi connectivity index (χ3v) is 7.56. The van der Waals surface area contributed by atoms with E-state index in [9.17, 15) is 13.2 Å². The molecule has 0 aliphatic heterocycles. The molecule has 24 heavy (non-hydrogen) atoms. The molecule has 2 aliphatic carbocycles. The summed E-state index contributed by atoms with van der Waals surface area (Å²) in [5.41, 5.74) is 2.00. The van der Waals surface area contributed by atoms with Crippen molar-refractivity contribution in [2.75, 3.05) is 5.75 Å². The third-order valence-electron chi connectivity index (χ3n) is 5.54. The van der Waals surface area contributed by atoms with Crippen LogP contribution in [-0.2, 0) is 21.1 Å². The highest BCUT2D eigenvalue weighted by atomic mass is 32.2. The number of hydrogen-bond acceptors (Lipinski definition) is 3. The van der Waals surface area contributed by atoms with Crippen LogP contribution in [-0.4, -0.2) is 26.1 Å². The zero-order valence-electron chi connectivity index (χ0n) is 14.3. The molecule has 2 aliphatic rings. The van der Waals surface area contributed by atoms with Crippen LogP contribution in [0.5, 0.6) is 0 Å². The summed E-state index contributed by atoms with van der Waals surface area (Å²) in [4.78, 5) is 12.3. The van der Waals surface area contributed by atoms with Gasteiger partial charge >= 0.3 is 0 Å². The maximum absolute atomic E-state index is 12.8. The number of benzene rings is 1. The fourth-order valence-corrected chi connectivity index (χ4v) is 5.94. The van der Waals surface area contributed by atoms with Crippen LogP contribution in [0.15, 0.2) is 24.3 Å². The number of hydrogen-bond donors (Lipinski definition) is 1. The molecule has 3 unspecified atom stereocenters. The minimum absolute atomic E-state index is 0.125. The van der Waals surface area contributed by atoms with Crippen LogP contribution >= 0.6 is 0 Å². The number of carbonyl (C=O) groups excluding carboxylic acids is 1. The van der Waals surface area contributed by atoms with E-state index >= 15 is 0 Å². The van der Waals surface area contributed by atoms with Gasteiger partial charge in [-0.15, -0.1) is 0 Å². The van der Waals surface area contributed by atoms with Gasteiger partial charge in [0.1, 0.15) is 5.75 Å². The quantitative estimate of drug-likeness (QED) is 0.908. The molecule has 1 saturated carbocycles. The summed E-state index contributed by atoms with van der Waals surface area (Å²) < 4.78 is 25.6. The van der Waals surface area contributed by atoms with Gasteiger partial charge in [-0.3, -0.25) is 4.79 Å². The zero-order chi connectivity index (χ0) is 17.2. The summed E-state index contributed by atoms with van der Waals surface area (Å²) in [6.07, 6.45) is 6.78. The zero-order valence-corrected chi connectivity index (χ0v) is 15.1. The Morgan fingerprint density at radius 1 is 1.12 bits per heavy atom. The summed E-state index contributed by atoms with van der Waals surface area (Å²) in [6.45, 7) is 2.13. The molecule has 1 aromatic rings. The molecule has 1 fully saturated rings. The van der Waals surface area contributed by atoms with Crippen molar-refractivity contribution >= 4 is 15.7 Å². The minimum Gasteiger partial charge on any atom is -0.352 e. The van der Waals surface area contributed by atoms with Gasteiger partial charge < -0.3 is 5.32 Å². The van der Waals surface area contributed by atoms with Crippen LogP contribution in [0.4, 0.5) is 0 Å². The van der Waals surface area contributed by atoms with Gasteiger partial charge in [-0.1, -0.05) is 44.0 Å². The molecular formula is C19H27NO3S. The van der Waals surface area contributed by atoms with E-state index in [4.69, 9.17) is 0 Å². The first kappa shape index (κ1) is 17.5. The summed E-state index contributed by atoms with van der Waals surface area (Å²) >= 11 is 0. The van der Waals surface area contributed by atoms with Crippen molar-refractivity contribution in [3.05, 3.63) is 35.4 Å². The largest absolute Gasteiger partial charge is 0.352 e. The van der Waals surface area contributed by atoms with E-state index in [1.807, 2.05) is 24.3 Å². The molecule has 4 nitrogen and oxygen atoms in total. The number of carbonyl (C=O) groups is 1. The van der Waals surface area contributed by atoms with Crippen LogP contribution in [0.2, 0.25) is 0 Å². The van der Waals surface area contributed by atoms with Crippen molar-refractivity contribution in [2.45, 2.75) is 63.2 Å². The highest BCUT2D eigenvalue weighted by Gasteiger charge is 2.34. The van der Waals surface area contributed by atoms with E-state index in [1.165, 1.54) is 6.42 Å². The van der Waals surface area contributed by atoms with Gasteiger partial charge in [0.05, 0.1) is 5.25 Å². The molecule has 1 N–H and O–H groups in total. The van der Waals surface area contributed by atoms with E-state index < -0.39 is 20.8 Å². The SMILES string of the molecule is CC1CCCCC1NC(=O)CS(=O)(=O)C1CCCc2ccccc21. The summed E-state index contributed by atoms with van der Waals surface area (Å²) in [6, 6.07) is 7.86. The third kappa shape index (κ3) is 3.82. The molecule has 0 bridgehead atoms. The number of sulfone groups is 1. The Balaban J connectivity index is 1.69. The lowest BCUT2D eigenvalue weighted by Crippen LogP contribution is -2.44. The second kappa shape index (κ2) is 7.26. The van der Waals surface area contributed by atoms with Gasteiger partial charge in [-0.2, -0.15) is 0 Å². The van der Waals surface area contributed by atoms with Crippen LogP contribution < -0.4 is 5.32 Å². The number of aryl methyl sites for hydroxylation is 1. The van der Waals surface area contributed by atoms with Gasteiger partial charge in [-0.25, -0.2) is 8.42 Å². The van der Waals surface area contributed by atoms with Crippen LogP contribution in [0, 0.1) is 5.92 Å². The molecule has 0 heterocycles. The Kier molecular flexibility index (Phi) is 5.28. The normalized spacial score (nSPS) is 27.3.